The monoisotopic (exact) mass is 403 g/mol. The molecule has 0 unspecified atom stereocenters. The van der Waals surface area contributed by atoms with Crippen molar-refractivity contribution in [3.8, 4) is 0 Å². The predicted octanol–water partition coefficient (Wildman–Crippen LogP) is 5.59. The molecule has 0 aliphatic heterocycles. The van der Waals surface area contributed by atoms with Crippen LogP contribution >= 0.6 is 23.2 Å². The van der Waals surface area contributed by atoms with Gasteiger partial charge in [-0.05, 0) is 37.3 Å². The first kappa shape index (κ1) is 18.9. The number of aromatic nitrogens is 2. The van der Waals surface area contributed by atoms with Crippen molar-refractivity contribution >= 4 is 51.9 Å². The summed E-state index contributed by atoms with van der Waals surface area (Å²) in [6.45, 7) is 2.37. The van der Waals surface area contributed by atoms with Gasteiger partial charge in [0.05, 0.1) is 15.6 Å². The first-order valence-corrected chi connectivity index (χ1v) is 8.81. The highest BCUT2D eigenvalue weighted by Crippen LogP contribution is 2.38. The maximum Gasteiger partial charge on any atom is 0.354 e. The average Bonchev–Trinajstić information content (AvgIpc) is 2.66. The summed E-state index contributed by atoms with van der Waals surface area (Å²) in [5.74, 6) is 0.216. The van der Waals surface area contributed by atoms with Crippen LogP contribution in [0, 0.1) is 10.1 Å². The zero-order valence-electron chi connectivity index (χ0n) is 14.3. The van der Waals surface area contributed by atoms with Gasteiger partial charge in [0, 0.05) is 17.3 Å². The quantitative estimate of drug-likeness (QED) is 0.426. The van der Waals surface area contributed by atoms with E-state index in [4.69, 9.17) is 23.2 Å². The molecule has 3 rings (SSSR count). The molecule has 1 aromatic heterocycles. The smallest absolute Gasteiger partial charge is 0.333 e. The Labute approximate surface area is 165 Å². The lowest BCUT2D eigenvalue weighted by Crippen LogP contribution is -2.19. The minimum Gasteiger partial charge on any atom is -0.333 e. The van der Waals surface area contributed by atoms with E-state index in [0.717, 1.165) is 5.69 Å². The molecule has 0 bridgehead atoms. The SMILES string of the molecule is CCN(c1ccccc1)c1ncnc(Nc2cc(Cl)ccc2Cl)c1[N+](=O)[O-]. The van der Waals surface area contributed by atoms with E-state index in [1.54, 1.807) is 23.1 Å². The summed E-state index contributed by atoms with van der Waals surface area (Å²) < 4.78 is 0. The van der Waals surface area contributed by atoms with Gasteiger partial charge in [-0.25, -0.2) is 9.97 Å². The van der Waals surface area contributed by atoms with Gasteiger partial charge in [-0.15, -0.1) is 0 Å². The third kappa shape index (κ3) is 4.10. The highest BCUT2D eigenvalue weighted by molar-refractivity contribution is 6.35. The molecule has 0 radical (unpaired) electrons. The fourth-order valence-electron chi connectivity index (χ4n) is 2.61. The fourth-order valence-corrected chi connectivity index (χ4v) is 2.95. The van der Waals surface area contributed by atoms with Crippen molar-refractivity contribution in [1.82, 2.24) is 9.97 Å². The van der Waals surface area contributed by atoms with Gasteiger partial charge in [0.15, 0.2) is 0 Å². The number of hydrogen-bond acceptors (Lipinski definition) is 6. The number of nitro groups is 1. The number of para-hydroxylation sites is 1. The van der Waals surface area contributed by atoms with E-state index >= 15 is 0 Å². The van der Waals surface area contributed by atoms with Crippen molar-refractivity contribution in [3.05, 3.63) is 75.0 Å². The van der Waals surface area contributed by atoms with E-state index < -0.39 is 4.92 Å². The summed E-state index contributed by atoms with van der Waals surface area (Å²) in [6.07, 6.45) is 1.27. The van der Waals surface area contributed by atoms with Gasteiger partial charge in [-0.1, -0.05) is 41.4 Å². The molecule has 0 aliphatic carbocycles. The number of rotatable bonds is 6. The molecule has 0 aliphatic rings. The molecular formula is C18H15Cl2N5O2. The van der Waals surface area contributed by atoms with Crippen LogP contribution in [0.3, 0.4) is 0 Å². The van der Waals surface area contributed by atoms with Gasteiger partial charge >= 0.3 is 5.69 Å². The molecule has 0 fully saturated rings. The highest BCUT2D eigenvalue weighted by atomic mass is 35.5. The standard InChI is InChI=1S/C18H15Cl2N5O2/c1-2-24(13-6-4-3-5-7-13)18-16(25(26)27)17(21-11-22-18)23-15-10-12(19)8-9-14(15)20/h3-11H,2H2,1H3,(H,21,22,23). The van der Waals surface area contributed by atoms with Crippen LogP contribution in [-0.2, 0) is 0 Å². The van der Waals surface area contributed by atoms with Crippen LogP contribution in [0.5, 0.6) is 0 Å². The van der Waals surface area contributed by atoms with Crippen LogP contribution in [0.2, 0.25) is 10.0 Å². The zero-order valence-corrected chi connectivity index (χ0v) is 15.8. The Morgan fingerprint density at radius 1 is 1.15 bits per heavy atom. The third-order valence-electron chi connectivity index (χ3n) is 3.81. The molecule has 9 heteroatoms. The van der Waals surface area contributed by atoms with Gasteiger partial charge in [-0.2, -0.15) is 0 Å². The van der Waals surface area contributed by atoms with Crippen LogP contribution < -0.4 is 10.2 Å². The molecule has 1 N–H and O–H groups in total. The van der Waals surface area contributed by atoms with E-state index in [-0.39, 0.29) is 17.3 Å². The van der Waals surface area contributed by atoms with Crippen molar-refractivity contribution < 1.29 is 4.92 Å². The summed E-state index contributed by atoms with van der Waals surface area (Å²) >= 11 is 12.2. The first-order chi connectivity index (χ1) is 13.0. The number of nitrogens with zero attached hydrogens (tertiary/aromatic N) is 4. The summed E-state index contributed by atoms with van der Waals surface area (Å²) in [5, 5.41) is 15.5. The molecule has 0 atom stereocenters. The van der Waals surface area contributed by atoms with E-state index in [0.29, 0.717) is 22.3 Å². The van der Waals surface area contributed by atoms with Crippen LogP contribution in [0.1, 0.15) is 6.92 Å². The summed E-state index contributed by atoms with van der Waals surface area (Å²) in [5.41, 5.74) is 0.951. The lowest BCUT2D eigenvalue weighted by molar-refractivity contribution is -0.383. The average molecular weight is 404 g/mol. The van der Waals surface area contributed by atoms with Crippen molar-refractivity contribution in [3.63, 3.8) is 0 Å². The molecule has 0 saturated carbocycles. The summed E-state index contributed by atoms with van der Waals surface area (Å²) in [7, 11) is 0. The lowest BCUT2D eigenvalue weighted by Gasteiger charge is -2.22. The van der Waals surface area contributed by atoms with Gasteiger partial charge in [0.2, 0.25) is 11.6 Å². The van der Waals surface area contributed by atoms with Crippen molar-refractivity contribution in [1.29, 1.82) is 0 Å². The Morgan fingerprint density at radius 3 is 2.56 bits per heavy atom. The topological polar surface area (TPSA) is 84.2 Å². The number of benzene rings is 2. The first-order valence-electron chi connectivity index (χ1n) is 8.05. The molecule has 1 heterocycles. The van der Waals surface area contributed by atoms with Crippen LogP contribution in [0.15, 0.2) is 54.9 Å². The molecule has 0 amide bonds. The third-order valence-corrected chi connectivity index (χ3v) is 4.37. The second-order valence-electron chi connectivity index (χ2n) is 5.48. The molecule has 0 spiro atoms. The van der Waals surface area contributed by atoms with Gasteiger partial charge < -0.3 is 10.2 Å². The molecular weight excluding hydrogens is 389 g/mol. The Bertz CT molecular complexity index is 969. The molecule has 138 valence electrons. The Hall–Kier alpha value is -2.90. The van der Waals surface area contributed by atoms with Crippen LogP contribution in [-0.4, -0.2) is 21.4 Å². The Balaban J connectivity index is 2.10. The Morgan fingerprint density at radius 2 is 1.89 bits per heavy atom. The number of nitrogens with one attached hydrogen (secondary N) is 1. The molecule has 3 aromatic rings. The van der Waals surface area contributed by atoms with Crippen molar-refractivity contribution in [2.75, 3.05) is 16.8 Å². The normalized spacial score (nSPS) is 10.5. The second kappa shape index (κ2) is 8.20. The Kier molecular flexibility index (Phi) is 5.73. The second-order valence-corrected chi connectivity index (χ2v) is 6.32. The van der Waals surface area contributed by atoms with Gasteiger partial charge in [0.1, 0.15) is 6.33 Å². The largest absolute Gasteiger partial charge is 0.354 e. The summed E-state index contributed by atoms with van der Waals surface area (Å²) in [6, 6.07) is 14.1. The van der Waals surface area contributed by atoms with Crippen LogP contribution in [0.25, 0.3) is 0 Å². The van der Waals surface area contributed by atoms with Crippen molar-refractivity contribution in [2.24, 2.45) is 0 Å². The van der Waals surface area contributed by atoms with E-state index in [9.17, 15) is 10.1 Å². The van der Waals surface area contributed by atoms with E-state index in [1.165, 1.54) is 6.33 Å². The zero-order chi connectivity index (χ0) is 19.4. The lowest BCUT2D eigenvalue weighted by atomic mass is 10.2. The molecule has 2 aromatic carbocycles. The van der Waals surface area contributed by atoms with Gasteiger partial charge in [-0.3, -0.25) is 10.1 Å². The predicted molar refractivity (Wildman–Crippen MR) is 108 cm³/mol. The van der Waals surface area contributed by atoms with Crippen molar-refractivity contribution in [2.45, 2.75) is 6.92 Å². The maximum absolute atomic E-state index is 11.8. The number of halogens is 2. The minimum absolute atomic E-state index is 0.0311. The number of hydrogen-bond donors (Lipinski definition) is 1. The fraction of sp³-hybridized carbons (Fsp3) is 0.111. The van der Waals surface area contributed by atoms with Gasteiger partial charge in [0.25, 0.3) is 0 Å². The highest BCUT2D eigenvalue weighted by Gasteiger charge is 2.27. The summed E-state index contributed by atoms with van der Waals surface area (Å²) in [4.78, 5) is 21.3. The van der Waals surface area contributed by atoms with E-state index in [2.05, 4.69) is 15.3 Å². The van der Waals surface area contributed by atoms with Crippen LogP contribution in [0.4, 0.5) is 28.7 Å². The molecule has 0 saturated heterocycles. The number of anilines is 4. The minimum atomic E-state index is -0.512. The molecule has 7 nitrogen and oxygen atoms in total. The maximum atomic E-state index is 11.8. The van der Waals surface area contributed by atoms with E-state index in [1.807, 2.05) is 37.3 Å². The molecule has 27 heavy (non-hydrogen) atoms.